The van der Waals surface area contributed by atoms with Crippen LogP contribution in [0.15, 0.2) is 0 Å². The van der Waals surface area contributed by atoms with Gasteiger partial charge in [0, 0.05) is 6.42 Å². The molecule has 0 bridgehead atoms. The smallest absolute Gasteiger partial charge is 0.414 e. The van der Waals surface area contributed by atoms with E-state index in [0.29, 0.717) is 0 Å². The zero-order valence-electron chi connectivity index (χ0n) is 9.97. The van der Waals surface area contributed by atoms with E-state index in [1.165, 1.54) is 0 Å². The largest absolute Gasteiger partial charge is 0.444 e. The lowest BCUT2D eigenvalue weighted by atomic mass is 10.2. The second-order valence-corrected chi connectivity index (χ2v) is 4.98. The van der Waals surface area contributed by atoms with Crippen LogP contribution in [0.1, 0.15) is 27.2 Å². The third kappa shape index (κ3) is 4.64. The Labute approximate surface area is 97.9 Å². The number of nitrogens with one attached hydrogen (secondary N) is 2. The topological polar surface area (TPSA) is 67.4 Å². The lowest BCUT2D eigenvalue weighted by Gasteiger charge is -2.20. The molecule has 1 rings (SSSR count). The summed E-state index contributed by atoms with van der Waals surface area (Å²) >= 11 is 0. The first-order valence-corrected chi connectivity index (χ1v) is 5.24. The molecule has 0 aromatic rings. The van der Waals surface area contributed by atoms with Crippen molar-refractivity contribution in [2.45, 2.75) is 44.8 Å². The fourth-order valence-electron chi connectivity index (χ4n) is 1.39. The highest BCUT2D eigenvalue weighted by atomic mass is 19.3. The molecule has 0 radical (unpaired) electrons. The second-order valence-electron chi connectivity index (χ2n) is 4.98. The minimum absolute atomic E-state index is 0.556. The van der Waals surface area contributed by atoms with Gasteiger partial charge in [-0.15, -0.1) is 0 Å². The molecule has 2 amide bonds. The molecular weight excluding hydrogens is 234 g/mol. The Morgan fingerprint density at radius 2 is 2.00 bits per heavy atom. The molecule has 0 spiro atoms. The fraction of sp³-hybridized carbons (Fsp3) is 0.800. The van der Waals surface area contributed by atoms with E-state index in [4.69, 9.17) is 4.74 Å². The van der Waals surface area contributed by atoms with Gasteiger partial charge < -0.3 is 4.74 Å². The number of rotatable bonds is 1. The van der Waals surface area contributed by atoms with Crippen LogP contribution in [-0.4, -0.2) is 36.1 Å². The summed E-state index contributed by atoms with van der Waals surface area (Å²) in [4.78, 5) is 22.6. The maximum atomic E-state index is 12.8. The molecule has 0 aliphatic carbocycles. The first-order chi connectivity index (χ1) is 7.59. The molecular formula is C10H16F2N2O3. The Bertz CT molecular complexity index is 326. The normalized spacial score (nSPS) is 23.2. The number of halogens is 2. The lowest BCUT2D eigenvalue weighted by Crippen LogP contribution is -2.45. The molecule has 2 N–H and O–H groups in total. The first kappa shape index (κ1) is 13.8. The standard InChI is InChI=1S/C10H16F2N2O3/c1-9(2,3)17-8(16)14-7(15)6-4-10(11,12)5-13-6/h6,13H,4-5H2,1-3H3,(H,14,15,16). The number of hydrogen-bond acceptors (Lipinski definition) is 4. The maximum Gasteiger partial charge on any atom is 0.414 e. The Hall–Kier alpha value is -1.24. The molecule has 1 heterocycles. The Morgan fingerprint density at radius 1 is 1.41 bits per heavy atom. The quantitative estimate of drug-likeness (QED) is 0.729. The van der Waals surface area contributed by atoms with Gasteiger partial charge in [0.05, 0.1) is 12.6 Å². The number of carbonyl (C=O) groups excluding carboxylic acids is 2. The molecule has 0 saturated carbocycles. The molecule has 1 saturated heterocycles. The van der Waals surface area contributed by atoms with E-state index in [-0.39, 0.29) is 0 Å². The highest BCUT2D eigenvalue weighted by molar-refractivity contribution is 5.95. The number of hydrogen-bond donors (Lipinski definition) is 2. The predicted octanol–water partition coefficient (Wildman–Crippen LogP) is 1.03. The van der Waals surface area contributed by atoms with E-state index in [2.05, 4.69) is 5.32 Å². The van der Waals surface area contributed by atoms with Gasteiger partial charge in [-0.2, -0.15) is 0 Å². The fourth-order valence-corrected chi connectivity index (χ4v) is 1.39. The van der Waals surface area contributed by atoms with Crippen molar-refractivity contribution in [1.29, 1.82) is 0 Å². The highest BCUT2D eigenvalue weighted by Gasteiger charge is 2.42. The lowest BCUT2D eigenvalue weighted by molar-refractivity contribution is -0.123. The van der Waals surface area contributed by atoms with Crippen LogP contribution in [0.25, 0.3) is 0 Å². The van der Waals surface area contributed by atoms with E-state index in [0.717, 1.165) is 0 Å². The van der Waals surface area contributed by atoms with Crippen molar-refractivity contribution in [1.82, 2.24) is 10.6 Å². The number of alkyl halides is 2. The predicted molar refractivity (Wildman–Crippen MR) is 55.7 cm³/mol. The number of carbonyl (C=O) groups is 2. The molecule has 1 aliphatic rings. The average Bonchev–Trinajstić information content (AvgIpc) is 2.42. The van der Waals surface area contributed by atoms with Crippen LogP contribution < -0.4 is 10.6 Å². The van der Waals surface area contributed by atoms with Crippen molar-refractivity contribution in [2.24, 2.45) is 0 Å². The molecule has 0 aromatic heterocycles. The van der Waals surface area contributed by atoms with Crippen LogP contribution in [0.5, 0.6) is 0 Å². The van der Waals surface area contributed by atoms with Gasteiger partial charge in [0.1, 0.15) is 5.60 Å². The summed E-state index contributed by atoms with van der Waals surface area (Å²) in [5.41, 5.74) is -0.739. The van der Waals surface area contributed by atoms with Crippen molar-refractivity contribution >= 4 is 12.0 Å². The van der Waals surface area contributed by atoms with Crippen molar-refractivity contribution < 1.29 is 23.1 Å². The SMILES string of the molecule is CC(C)(C)OC(=O)NC(=O)C1CC(F)(F)CN1. The van der Waals surface area contributed by atoms with Gasteiger partial charge in [0.2, 0.25) is 5.91 Å². The zero-order valence-corrected chi connectivity index (χ0v) is 9.97. The Morgan fingerprint density at radius 3 is 2.41 bits per heavy atom. The van der Waals surface area contributed by atoms with Crippen LogP contribution >= 0.6 is 0 Å². The van der Waals surface area contributed by atoms with Gasteiger partial charge in [-0.3, -0.25) is 15.4 Å². The summed E-state index contributed by atoms with van der Waals surface area (Å²) in [7, 11) is 0. The van der Waals surface area contributed by atoms with Crippen LogP contribution in [0.2, 0.25) is 0 Å². The van der Waals surface area contributed by atoms with Crippen LogP contribution in [0, 0.1) is 0 Å². The third-order valence-electron chi connectivity index (χ3n) is 2.05. The van der Waals surface area contributed by atoms with Crippen molar-refractivity contribution in [3.05, 3.63) is 0 Å². The number of ether oxygens (including phenoxy) is 1. The third-order valence-corrected chi connectivity index (χ3v) is 2.05. The summed E-state index contributed by atoms with van der Waals surface area (Å²) in [5, 5.41) is 4.27. The van der Waals surface area contributed by atoms with E-state index >= 15 is 0 Å². The summed E-state index contributed by atoms with van der Waals surface area (Å²) in [6.07, 6.45) is -1.54. The van der Waals surface area contributed by atoms with Crippen LogP contribution in [0.3, 0.4) is 0 Å². The molecule has 1 fully saturated rings. The van der Waals surface area contributed by atoms with Crippen molar-refractivity contribution in [3.63, 3.8) is 0 Å². The van der Waals surface area contributed by atoms with Gasteiger partial charge >= 0.3 is 6.09 Å². The van der Waals surface area contributed by atoms with Crippen molar-refractivity contribution in [3.8, 4) is 0 Å². The van der Waals surface area contributed by atoms with E-state index in [1.54, 1.807) is 20.8 Å². The van der Waals surface area contributed by atoms with Crippen LogP contribution in [0.4, 0.5) is 13.6 Å². The molecule has 17 heavy (non-hydrogen) atoms. The number of amides is 2. The molecule has 0 aromatic carbocycles. The Balaban J connectivity index is 2.43. The number of alkyl carbamates (subject to hydrolysis) is 1. The highest BCUT2D eigenvalue weighted by Crippen LogP contribution is 2.25. The summed E-state index contributed by atoms with van der Waals surface area (Å²) in [5.74, 6) is -3.70. The summed E-state index contributed by atoms with van der Waals surface area (Å²) in [6.45, 7) is 4.36. The number of imide groups is 1. The molecule has 5 nitrogen and oxygen atoms in total. The average molecular weight is 250 g/mol. The Kier molecular flexibility index (Phi) is 3.71. The van der Waals surface area contributed by atoms with E-state index in [9.17, 15) is 18.4 Å². The molecule has 1 aliphatic heterocycles. The summed E-state index contributed by atoms with van der Waals surface area (Å²) < 4.78 is 30.4. The van der Waals surface area contributed by atoms with Gasteiger partial charge in [-0.05, 0) is 20.8 Å². The minimum atomic E-state index is -2.91. The van der Waals surface area contributed by atoms with Gasteiger partial charge in [0.15, 0.2) is 0 Å². The summed E-state index contributed by atoms with van der Waals surface area (Å²) in [6, 6.07) is -1.06. The first-order valence-electron chi connectivity index (χ1n) is 5.24. The van der Waals surface area contributed by atoms with Gasteiger partial charge in [0.25, 0.3) is 5.92 Å². The molecule has 1 atom stereocenters. The second kappa shape index (κ2) is 4.56. The van der Waals surface area contributed by atoms with Gasteiger partial charge in [-0.1, -0.05) is 0 Å². The van der Waals surface area contributed by atoms with Gasteiger partial charge in [-0.25, -0.2) is 13.6 Å². The van der Waals surface area contributed by atoms with Crippen molar-refractivity contribution in [2.75, 3.05) is 6.54 Å². The molecule has 98 valence electrons. The van der Waals surface area contributed by atoms with E-state index < -0.39 is 42.5 Å². The molecule has 1 unspecified atom stereocenters. The minimum Gasteiger partial charge on any atom is -0.444 e. The van der Waals surface area contributed by atoms with E-state index in [1.807, 2.05) is 5.32 Å². The maximum absolute atomic E-state index is 12.8. The molecule has 7 heteroatoms. The zero-order chi connectivity index (χ0) is 13.3. The van der Waals surface area contributed by atoms with Crippen LogP contribution in [-0.2, 0) is 9.53 Å². The monoisotopic (exact) mass is 250 g/mol.